The molecule has 1 rings (SSSR count). The first-order valence-electron chi connectivity index (χ1n) is 5.04. The van der Waals surface area contributed by atoms with Crippen LogP contribution in [0, 0.1) is 6.92 Å². The quantitative estimate of drug-likeness (QED) is 0.701. The highest BCUT2D eigenvalue weighted by Gasteiger charge is 2.12. The highest BCUT2D eigenvalue weighted by molar-refractivity contribution is 5.94. The van der Waals surface area contributed by atoms with Gasteiger partial charge in [-0.2, -0.15) is 0 Å². The van der Waals surface area contributed by atoms with E-state index in [0.29, 0.717) is 5.56 Å². The smallest absolute Gasteiger partial charge is 0.274 e. The molecule has 0 atom stereocenters. The van der Waals surface area contributed by atoms with E-state index in [0.717, 1.165) is 5.56 Å². The van der Waals surface area contributed by atoms with Crippen molar-refractivity contribution in [2.24, 2.45) is 0 Å². The fraction of sp³-hybridized carbons (Fsp3) is 0.417. The van der Waals surface area contributed by atoms with E-state index in [4.69, 9.17) is 4.84 Å². The minimum absolute atomic E-state index is 0.124. The Labute approximate surface area is 91.6 Å². The Balaban J connectivity index is 0.000000921. The molecule has 0 saturated heterocycles. The van der Waals surface area contributed by atoms with Crippen LogP contribution in [0.1, 0.15) is 29.8 Å². The first-order valence-corrected chi connectivity index (χ1v) is 5.04. The number of aryl methyl sites for hydroxylation is 1. The Bertz CT molecular complexity index is 310. The number of carbonyl (C=O) groups is 1. The molecule has 1 amide bonds. The Morgan fingerprint density at radius 3 is 2.27 bits per heavy atom. The van der Waals surface area contributed by atoms with Crippen molar-refractivity contribution in [3.8, 4) is 0 Å². The molecule has 0 spiro atoms. The number of rotatable bonds is 2. The van der Waals surface area contributed by atoms with Gasteiger partial charge in [-0.15, -0.1) is 0 Å². The van der Waals surface area contributed by atoms with Gasteiger partial charge in [-0.25, -0.2) is 5.06 Å². The Morgan fingerprint density at radius 1 is 1.27 bits per heavy atom. The number of hydrogen-bond donors (Lipinski definition) is 0. The lowest BCUT2D eigenvalue weighted by molar-refractivity contribution is -0.0757. The zero-order valence-electron chi connectivity index (χ0n) is 10.1. The molecule has 1 aromatic carbocycles. The summed E-state index contributed by atoms with van der Waals surface area (Å²) in [6, 6.07) is 7.42. The second kappa shape index (κ2) is 7.01. The number of nitrogens with zero attached hydrogens (tertiary/aromatic N) is 1. The van der Waals surface area contributed by atoms with Gasteiger partial charge in [0, 0.05) is 12.6 Å². The van der Waals surface area contributed by atoms with Crippen molar-refractivity contribution in [1.82, 2.24) is 5.06 Å². The molecule has 15 heavy (non-hydrogen) atoms. The number of benzene rings is 1. The summed E-state index contributed by atoms with van der Waals surface area (Å²) in [5, 5.41) is 1.21. The third-order valence-electron chi connectivity index (χ3n) is 1.94. The molecule has 0 unspecified atom stereocenters. The SMILES string of the molecule is CC.CON(C)C(=O)c1ccccc1C. The van der Waals surface area contributed by atoms with E-state index in [1.165, 1.54) is 12.2 Å². The molecular weight excluding hydrogens is 190 g/mol. The van der Waals surface area contributed by atoms with E-state index in [9.17, 15) is 4.79 Å². The Kier molecular flexibility index (Phi) is 6.38. The maximum absolute atomic E-state index is 11.6. The molecule has 0 aliphatic heterocycles. The summed E-state index contributed by atoms with van der Waals surface area (Å²) < 4.78 is 0. The summed E-state index contributed by atoms with van der Waals surface area (Å²) in [6.45, 7) is 5.90. The molecule has 0 heterocycles. The fourth-order valence-electron chi connectivity index (χ4n) is 1.07. The molecule has 1 aromatic rings. The van der Waals surface area contributed by atoms with Crippen LogP contribution in [0.2, 0.25) is 0 Å². The first-order chi connectivity index (χ1) is 7.16. The van der Waals surface area contributed by atoms with Gasteiger partial charge in [0.2, 0.25) is 0 Å². The summed E-state index contributed by atoms with van der Waals surface area (Å²) in [7, 11) is 3.06. The minimum Gasteiger partial charge on any atom is -0.274 e. The molecule has 3 heteroatoms. The van der Waals surface area contributed by atoms with E-state index >= 15 is 0 Å². The third kappa shape index (κ3) is 3.72. The molecule has 0 aliphatic carbocycles. The molecule has 0 bridgehead atoms. The Morgan fingerprint density at radius 2 is 1.80 bits per heavy atom. The van der Waals surface area contributed by atoms with Crippen LogP contribution in [-0.2, 0) is 4.84 Å². The standard InChI is InChI=1S/C10H13NO2.C2H6/c1-8-6-4-5-7-9(8)10(12)11(2)13-3;1-2/h4-7H,1-3H3;1-2H3. The zero-order valence-corrected chi connectivity index (χ0v) is 10.1. The molecule has 0 N–H and O–H groups in total. The van der Waals surface area contributed by atoms with Crippen LogP contribution in [0.25, 0.3) is 0 Å². The predicted molar refractivity (Wildman–Crippen MR) is 61.6 cm³/mol. The summed E-state index contributed by atoms with van der Waals surface area (Å²) >= 11 is 0. The number of amides is 1. The molecular formula is C12H19NO2. The number of hydroxylamine groups is 2. The Hall–Kier alpha value is -1.35. The van der Waals surface area contributed by atoms with Crippen LogP contribution < -0.4 is 0 Å². The molecule has 0 radical (unpaired) electrons. The third-order valence-corrected chi connectivity index (χ3v) is 1.94. The second-order valence-electron chi connectivity index (χ2n) is 2.80. The summed E-state index contributed by atoms with van der Waals surface area (Å²) in [6.07, 6.45) is 0. The van der Waals surface area contributed by atoms with Crippen molar-refractivity contribution in [2.45, 2.75) is 20.8 Å². The van der Waals surface area contributed by atoms with Crippen LogP contribution >= 0.6 is 0 Å². The van der Waals surface area contributed by atoms with Gasteiger partial charge in [-0.3, -0.25) is 9.63 Å². The lowest BCUT2D eigenvalue weighted by atomic mass is 10.1. The van der Waals surface area contributed by atoms with Gasteiger partial charge in [0.05, 0.1) is 7.11 Å². The summed E-state index contributed by atoms with van der Waals surface area (Å²) in [4.78, 5) is 16.4. The van der Waals surface area contributed by atoms with E-state index in [2.05, 4.69) is 0 Å². The average molecular weight is 209 g/mol. The number of carbonyl (C=O) groups excluding carboxylic acids is 1. The van der Waals surface area contributed by atoms with E-state index in [1.807, 2.05) is 39.0 Å². The summed E-state index contributed by atoms with van der Waals surface area (Å²) in [5.74, 6) is -0.124. The average Bonchev–Trinajstić information content (AvgIpc) is 2.30. The van der Waals surface area contributed by atoms with Gasteiger partial charge in [-0.05, 0) is 18.6 Å². The van der Waals surface area contributed by atoms with Gasteiger partial charge in [0.25, 0.3) is 5.91 Å². The zero-order chi connectivity index (χ0) is 11.8. The van der Waals surface area contributed by atoms with Crippen LogP contribution in [0.15, 0.2) is 24.3 Å². The minimum atomic E-state index is -0.124. The lowest BCUT2D eigenvalue weighted by Crippen LogP contribution is -2.25. The molecule has 3 nitrogen and oxygen atoms in total. The maximum atomic E-state index is 11.6. The van der Waals surface area contributed by atoms with Crippen molar-refractivity contribution in [2.75, 3.05) is 14.2 Å². The molecule has 0 fully saturated rings. The van der Waals surface area contributed by atoms with Crippen molar-refractivity contribution in [1.29, 1.82) is 0 Å². The topological polar surface area (TPSA) is 29.5 Å². The normalized spacial score (nSPS) is 8.87. The largest absolute Gasteiger partial charge is 0.277 e. The van der Waals surface area contributed by atoms with Crippen molar-refractivity contribution >= 4 is 5.91 Å². The van der Waals surface area contributed by atoms with Gasteiger partial charge >= 0.3 is 0 Å². The highest BCUT2D eigenvalue weighted by atomic mass is 16.7. The van der Waals surface area contributed by atoms with Gasteiger partial charge < -0.3 is 0 Å². The molecule has 0 saturated carbocycles. The number of hydrogen-bond acceptors (Lipinski definition) is 2. The van der Waals surface area contributed by atoms with Crippen LogP contribution in [0.5, 0.6) is 0 Å². The van der Waals surface area contributed by atoms with Crippen LogP contribution in [0.3, 0.4) is 0 Å². The first kappa shape index (κ1) is 13.7. The highest BCUT2D eigenvalue weighted by Crippen LogP contribution is 2.09. The monoisotopic (exact) mass is 209 g/mol. The van der Waals surface area contributed by atoms with E-state index < -0.39 is 0 Å². The van der Waals surface area contributed by atoms with Gasteiger partial charge in [0.15, 0.2) is 0 Å². The van der Waals surface area contributed by atoms with Crippen molar-refractivity contribution in [3.63, 3.8) is 0 Å². The summed E-state index contributed by atoms with van der Waals surface area (Å²) in [5.41, 5.74) is 1.63. The predicted octanol–water partition coefficient (Wildman–Crippen LogP) is 2.65. The van der Waals surface area contributed by atoms with Gasteiger partial charge in [0.1, 0.15) is 0 Å². The second-order valence-corrected chi connectivity index (χ2v) is 2.80. The van der Waals surface area contributed by atoms with Crippen LogP contribution in [0.4, 0.5) is 0 Å². The fourth-order valence-corrected chi connectivity index (χ4v) is 1.07. The van der Waals surface area contributed by atoms with Gasteiger partial charge in [-0.1, -0.05) is 32.0 Å². The molecule has 0 aromatic heterocycles. The van der Waals surface area contributed by atoms with Crippen molar-refractivity contribution in [3.05, 3.63) is 35.4 Å². The molecule has 84 valence electrons. The maximum Gasteiger partial charge on any atom is 0.277 e. The van der Waals surface area contributed by atoms with E-state index in [-0.39, 0.29) is 5.91 Å². The van der Waals surface area contributed by atoms with Crippen LogP contribution in [-0.4, -0.2) is 25.1 Å². The van der Waals surface area contributed by atoms with E-state index in [1.54, 1.807) is 13.1 Å². The lowest BCUT2D eigenvalue weighted by Gasteiger charge is -2.14. The van der Waals surface area contributed by atoms with Crippen molar-refractivity contribution < 1.29 is 9.63 Å². The molecule has 0 aliphatic rings.